The van der Waals surface area contributed by atoms with Gasteiger partial charge in [-0.05, 0) is 44.0 Å². The van der Waals surface area contributed by atoms with Crippen LogP contribution in [0.25, 0.3) is 11.2 Å². The Labute approximate surface area is 119 Å². The van der Waals surface area contributed by atoms with E-state index in [9.17, 15) is 0 Å². The Morgan fingerprint density at radius 1 is 1.40 bits per heavy atom. The summed E-state index contributed by atoms with van der Waals surface area (Å²) < 4.78 is 7.50. The predicted molar refractivity (Wildman–Crippen MR) is 78.7 cm³/mol. The molecule has 0 radical (unpaired) electrons. The van der Waals surface area contributed by atoms with E-state index in [1.54, 1.807) is 7.11 Å². The average molecular weight is 274 g/mol. The molecule has 3 rings (SSSR count). The smallest absolute Gasteiger partial charge is 0.159 e. The fourth-order valence-corrected chi connectivity index (χ4v) is 2.90. The van der Waals surface area contributed by atoms with E-state index >= 15 is 0 Å². The molecule has 0 aromatic carbocycles. The molecule has 1 N–H and O–H groups in total. The lowest BCUT2D eigenvalue weighted by molar-refractivity contribution is 0.199. The first kappa shape index (κ1) is 13.5. The summed E-state index contributed by atoms with van der Waals surface area (Å²) in [6.07, 6.45) is 5.16. The first-order chi connectivity index (χ1) is 9.88. The van der Waals surface area contributed by atoms with Crippen LogP contribution in [0.3, 0.4) is 0 Å². The molecule has 108 valence electrons. The predicted octanol–water partition coefficient (Wildman–Crippen LogP) is 1.62. The summed E-state index contributed by atoms with van der Waals surface area (Å²) in [7, 11) is 1.73. The van der Waals surface area contributed by atoms with Gasteiger partial charge in [-0.1, -0.05) is 0 Å². The van der Waals surface area contributed by atoms with Gasteiger partial charge in [-0.2, -0.15) is 0 Å². The number of hydrogen-bond donors (Lipinski definition) is 1. The van der Waals surface area contributed by atoms with E-state index in [1.807, 2.05) is 18.3 Å². The third-order valence-electron chi connectivity index (χ3n) is 4.01. The standard InChI is InChI=1S/C15H22N4O/c1-20-10-6-14-18-13-3-2-7-17-15(13)19(14)11-12-4-8-16-9-5-12/h2-3,7,12,16H,4-6,8-11H2,1H3. The van der Waals surface area contributed by atoms with Crippen LogP contribution in [0.15, 0.2) is 18.3 Å². The molecular formula is C15H22N4O. The van der Waals surface area contributed by atoms with Crippen molar-refractivity contribution in [3.8, 4) is 0 Å². The van der Waals surface area contributed by atoms with Crippen LogP contribution in [0, 0.1) is 5.92 Å². The number of ether oxygens (including phenoxy) is 1. The van der Waals surface area contributed by atoms with E-state index in [-0.39, 0.29) is 0 Å². The van der Waals surface area contributed by atoms with Crippen LogP contribution in [0.2, 0.25) is 0 Å². The van der Waals surface area contributed by atoms with Crippen molar-refractivity contribution in [2.75, 3.05) is 26.8 Å². The number of hydrogen-bond acceptors (Lipinski definition) is 4. The molecule has 0 saturated carbocycles. The van der Waals surface area contributed by atoms with E-state index < -0.39 is 0 Å². The van der Waals surface area contributed by atoms with Crippen LogP contribution < -0.4 is 5.32 Å². The van der Waals surface area contributed by atoms with Crippen LogP contribution in [-0.4, -0.2) is 41.3 Å². The molecule has 0 unspecified atom stereocenters. The van der Waals surface area contributed by atoms with Gasteiger partial charge in [0.25, 0.3) is 0 Å². The first-order valence-corrected chi connectivity index (χ1v) is 7.38. The molecule has 1 saturated heterocycles. The maximum absolute atomic E-state index is 5.20. The fraction of sp³-hybridized carbons (Fsp3) is 0.600. The van der Waals surface area contributed by atoms with Crippen molar-refractivity contribution < 1.29 is 4.74 Å². The van der Waals surface area contributed by atoms with Crippen molar-refractivity contribution in [3.05, 3.63) is 24.2 Å². The molecule has 1 aliphatic heterocycles. The quantitative estimate of drug-likeness (QED) is 0.900. The molecule has 0 bridgehead atoms. The Balaban J connectivity index is 1.88. The number of fused-ring (bicyclic) bond motifs is 1. The highest BCUT2D eigenvalue weighted by Crippen LogP contribution is 2.20. The van der Waals surface area contributed by atoms with E-state index in [4.69, 9.17) is 9.72 Å². The highest BCUT2D eigenvalue weighted by Gasteiger charge is 2.18. The van der Waals surface area contributed by atoms with Gasteiger partial charge in [0.1, 0.15) is 11.3 Å². The van der Waals surface area contributed by atoms with Gasteiger partial charge in [0, 0.05) is 26.3 Å². The van der Waals surface area contributed by atoms with Gasteiger partial charge in [-0.15, -0.1) is 0 Å². The molecular weight excluding hydrogens is 252 g/mol. The minimum Gasteiger partial charge on any atom is -0.384 e. The highest BCUT2D eigenvalue weighted by molar-refractivity contribution is 5.71. The molecule has 1 fully saturated rings. The molecule has 0 aliphatic carbocycles. The van der Waals surface area contributed by atoms with Crippen molar-refractivity contribution >= 4 is 11.2 Å². The summed E-state index contributed by atoms with van der Waals surface area (Å²) in [5.41, 5.74) is 2.00. The fourth-order valence-electron chi connectivity index (χ4n) is 2.90. The van der Waals surface area contributed by atoms with Crippen LogP contribution in [-0.2, 0) is 17.7 Å². The largest absolute Gasteiger partial charge is 0.384 e. The lowest BCUT2D eigenvalue weighted by atomic mass is 9.98. The number of methoxy groups -OCH3 is 1. The van der Waals surface area contributed by atoms with E-state index in [0.717, 1.165) is 49.0 Å². The van der Waals surface area contributed by atoms with Gasteiger partial charge in [0.15, 0.2) is 5.65 Å². The number of piperidine rings is 1. The lowest BCUT2D eigenvalue weighted by Gasteiger charge is -2.23. The van der Waals surface area contributed by atoms with Crippen molar-refractivity contribution in [1.82, 2.24) is 19.9 Å². The summed E-state index contributed by atoms with van der Waals surface area (Å²) in [6.45, 7) is 3.97. The molecule has 0 amide bonds. The molecule has 20 heavy (non-hydrogen) atoms. The number of nitrogens with zero attached hydrogens (tertiary/aromatic N) is 3. The van der Waals surface area contributed by atoms with Gasteiger partial charge in [0.05, 0.1) is 6.61 Å². The van der Waals surface area contributed by atoms with Crippen LogP contribution in [0.1, 0.15) is 18.7 Å². The monoisotopic (exact) mass is 274 g/mol. The Kier molecular flexibility index (Phi) is 4.28. The number of pyridine rings is 1. The Morgan fingerprint density at radius 3 is 3.05 bits per heavy atom. The minimum atomic E-state index is 0.704. The van der Waals surface area contributed by atoms with E-state index in [1.165, 1.54) is 12.8 Å². The molecule has 0 atom stereocenters. The summed E-state index contributed by atoms with van der Waals surface area (Å²) in [4.78, 5) is 9.24. The Hall–Kier alpha value is -1.46. The van der Waals surface area contributed by atoms with Gasteiger partial charge in [-0.3, -0.25) is 0 Å². The van der Waals surface area contributed by atoms with E-state index in [2.05, 4.69) is 14.9 Å². The summed E-state index contributed by atoms with van der Waals surface area (Å²) in [6, 6.07) is 3.99. The van der Waals surface area contributed by atoms with Gasteiger partial charge >= 0.3 is 0 Å². The van der Waals surface area contributed by atoms with Crippen LogP contribution in [0.5, 0.6) is 0 Å². The zero-order chi connectivity index (χ0) is 13.8. The summed E-state index contributed by atoms with van der Waals surface area (Å²) >= 11 is 0. The molecule has 2 aromatic heterocycles. The molecule has 3 heterocycles. The lowest BCUT2D eigenvalue weighted by Crippen LogP contribution is -2.30. The van der Waals surface area contributed by atoms with Crippen molar-refractivity contribution in [1.29, 1.82) is 0 Å². The second-order valence-electron chi connectivity index (χ2n) is 5.42. The number of rotatable bonds is 5. The topological polar surface area (TPSA) is 52.0 Å². The highest BCUT2D eigenvalue weighted by atomic mass is 16.5. The molecule has 0 spiro atoms. The second-order valence-corrected chi connectivity index (χ2v) is 5.42. The maximum Gasteiger partial charge on any atom is 0.159 e. The van der Waals surface area contributed by atoms with Crippen molar-refractivity contribution in [3.63, 3.8) is 0 Å². The second kappa shape index (κ2) is 6.33. The average Bonchev–Trinajstić information content (AvgIpc) is 2.84. The van der Waals surface area contributed by atoms with E-state index in [0.29, 0.717) is 6.61 Å². The number of imidazole rings is 1. The molecule has 2 aromatic rings. The Morgan fingerprint density at radius 2 is 2.25 bits per heavy atom. The van der Waals surface area contributed by atoms with Gasteiger partial charge in [0.2, 0.25) is 0 Å². The zero-order valence-corrected chi connectivity index (χ0v) is 12.0. The Bertz CT molecular complexity index is 560. The first-order valence-electron chi connectivity index (χ1n) is 7.38. The maximum atomic E-state index is 5.20. The van der Waals surface area contributed by atoms with Crippen LogP contribution in [0.4, 0.5) is 0 Å². The molecule has 5 nitrogen and oxygen atoms in total. The van der Waals surface area contributed by atoms with Crippen molar-refractivity contribution in [2.45, 2.75) is 25.8 Å². The normalized spacial score (nSPS) is 16.9. The van der Waals surface area contributed by atoms with Gasteiger partial charge in [-0.25, -0.2) is 9.97 Å². The summed E-state index contributed by atoms with van der Waals surface area (Å²) in [5.74, 6) is 1.82. The van der Waals surface area contributed by atoms with Crippen LogP contribution >= 0.6 is 0 Å². The van der Waals surface area contributed by atoms with Gasteiger partial charge < -0.3 is 14.6 Å². The third kappa shape index (κ3) is 2.83. The SMILES string of the molecule is COCCc1nc2cccnc2n1CC1CCNCC1. The third-order valence-corrected chi connectivity index (χ3v) is 4.01. The summed E-state index contributed by atoms with van der Waals surface area (Å²) in [5, 5.41) is 3.42. The molecule has 5 heteroatoms. The van der Waals surface area contributed by atoms with Crippen molar-refractivity contribution in [2.24, 2.45) is 5.92 Å². The number of nitrogens with one attached hydrogen (secondary N) is 1. The number of aromatic nitrogens is 3. The molecule has 1 aliphatic rings. The zero-order valence-electron chi connectivity index (χ0n) is 12.0. The minimum absolute atomic E-state index is 0.704.